The van der Waals surface area contributed by atoms with Crippen LogP contribution in [0.3, 0.4) is 0 Å². The van der Waals surface area contributed by atoms with Crippen LogP contribution >= 0.6 is 0 Å². The minimum atomic E-state index is -0.909. The number of aromatic nitrogens is 2. The molecule has 0 saturated carbocycles. The first-order valence-corrected chi connectivity index (χ1v) is 5.75. The third-order valence-corrected chi connectivity index (χ3v) is 3.27. The standard InChI is InChI=1S/C12H12N2O3/c1-2-7-10-9(12(15)16)6-4-3-5-8(6)13-11(10)17-14-7/h2-5H2,1H3,(H,15,16). The maximum Gasteiger partial charge on any atom is 0.336 e. The molecule has 5 heteroatoms. The van der Waals surface area contributed by atoms with E-state index in [0.29, 0.717) is 28.8 Å². The monoisotopic (exact) mass is 232 g/mol. The number of pyridine rings is 1. The predicted molar refractivity (Wildman–Crippen MR) is 60.2 cm³/mol. The van der Waals surface area contributed by atoms with Gasteiger partial charge in [-0.05, 0) is 31.2 Å². The molecule has 1 aliphatic rings. The van der Waals surface area contributed by atoms with E-state index in [9.17, 15) is 9.90 Å². The zero-order valence-corrected chi connectivity index (χ0v) is 9.49. The highest BCUT2D eigenvalue weighted by atomic mass is 16.5. The van der Waals surface area contributed by atoms with Crippen molar-refractivity contribution >= 4 is 17.1 Å². The molecule has 0 aliphatic heterocycles. The first-order valence-electron chi connectivity index (χ1n) is 5.75. The molecule has 0 unspecified atom stereocenters. The van der Waals surface area contributed by atoms with Crippen molar-refractivity contribution in [3.63, 3.8) is 0 Å². The smallest absolute Gasteiger partial charge is 0.336 e. The van der Waals surface area contributed by atoms with Gasteiger partial charge < -0.3 is 9.63 Å². The SMILES string of the molecule is CCc1noc2nc3c(c(C(=O)O)c12)CCC3. The Hall–Kier alpha value is -1.91. The Balaban J connectivity index is 2.44. The molecule has 2 heterocycles. The van der Waals surface area contributed by atoms with Gasteiger partial charge in [-0.1, -0.05) is 12.1 Å². The second-order valence-corrected chi connectivity index (χ2v) is 4.23. The van der Waals surface area contributed by atoms with Gasteiger partial charge in [0.1, 0.15) is 0 Å². The van der Waals surface area contributed by atoms with Crippen LogP contribution < -0.4 is 0 Å². The van der Waals surface area contributed by atoms with Crippen molar-refractivity contribution in [1.29, 1.82) is 0 Å². The fourth-order valence-electron chi connectivity index (χ4n) is 2.51. The third-order valence-electron chi connectivity index (χ3n) is 3.27. The van der Waals surface area contributed by atoms with Crippen LogP contribution in [0.2, 0.25) is 0 Å². The van der Waals surface area contributed by atoms with Gasteiger partial charge in [-0.25, -0.2) is 9.78 Å². The van der Waals surface area contributed by atoms with Crippen molar-refractivity contribution in [2.24, 2.45) is 0 Å². The summed E-state index contributed by atoms with van der Waals surface area (Å²) >= 11 is 0. The van der Waals surface area contributed by atoms with Crippen molar-refractivity contribution in [2.75, 3.05) is 0 Å². The van der Waals surface area contributed by atoms with Crippen LogP contribution in [0.25, 0.3) is 11.1 Å². The number of carbonyl (C=O) groups is 1. The first kappa shape index (κ1) is 10.3. The summed E-state index contributed by atoms with van der Waals surface area (Å²) in [4.78, 5) is 15.8. The molecule has 2 aromatic heterocycles. The number of aromatic carboxylic acids is 1. The van der Waals surface area contributed by atoms with E-state index in [2.05, 4.69) is 10.1 Å². The van der Waals surface area contributed by atoms with Gasteiger partial charge >= 0.3 is 5.97 Å². The number of carboxylic acids is 1. The highest BCUT2D eigenvalue weighted by Gasteiger charge is 2.27. The van der Waals surface area contributed by atoms with E-state index >= 15 is 0 Å². The molecule has 5 nitrogen and oxygen atoms in total. The number of aryl methyl sites for hydroxylation is 2. The van der Waals surface area contributed by atoms with E-state index < -0.39 is 5.97 Å². The minimum absolute atomic E-state index is 0.348. The van der Waals surface area contributed by atoms with Crippen LogP contribution in [0.4, 0.5) is 0 Å². The number of fused-ring (bicyclic) bond motifs is 2. The van der Waals surface area contributed by atoms with Gasteiger partial charge in [0.15, 0.2) is 0 Å². The molecular weight excluding hydrogens is 220 g/mol. The molecule has 0 bridgehead atoms. The topological polar surface area (TPSA) is 76.2 Å². The van der Waals surface area contributed by atoms with Crippen molar-refractivity contribution in [3.05, 3.63) is 22.5 Å². The van der Waals surface area contributed by atoms with Crippen molar-refractivity contribution in [1.82, 2.24) is 10.1 Å². The van der Waals surface area contributed by atoms with E-state index in [4.69, 9.17) is 4.52 Å². The molecule has 0 radical (unpaired) electrons. The summed E-state index contributed by atoms with van der Waals surface area (Å²) in [5, 5.41) is 13.9. The number of hydrogen-bond acceptors (Lipinski definition) is 4. The summed E-state index contributed by atoms with van der Waals surface area (Å²) in [5.74, 6) is -0.909. The maximum atomic E-state index is 11.4. The predicted octanol–water partition coefficient (Wildman–Crippen LogP) is 1.97. The Morgan fingerprint density at radius 2 is 2.29 bits per heavy atom. The lowest BCUT2D eigenvalue weighted by atomic mass is 10.0. The van der Waals surface area contributed by atoms with Gasteiger partial charge in [0, 0.05) is 5.69 Å². The Bertz CT molecular complexity index is 616. The second-order valence-electron chi connectivity index (χ2n) is 4.23. The van der Waals surface area contributed by atoms with Gasteiger partial charge in [0.05, 0.1) is 16.6 Å². The van der Waals surface area contributed by atoms with Crippen LogP contribution in [0, 0.1) is 0 Å². The molecule has 17 heavy (non-hydrogen) atoms. The van der Waals surface area contributed by atoms with Gasteiger partial charge in [-0.15, -0.1) is 0 Å². The average molecular weight is 232 g/mol. The molecular formula is C12H12N2O3. The molecule has 1 N–H and O–H groups in total. The Labute approximate surface area is 97.4 Å². The van der Waals surface area contributed by atoms with Crippen molar-refractivity contribution in [3.8, 4) is 0 Å². The summed E-state index contributed by atoms with van der Waals surface area (Å²) < 4.78 is 5.13. The summed E-state index contributed by atoms with van der Waals surface area (Å²) in [5.41, 5.74) is 3.11. The zero-order valence-electron chi connectivity index (χ0n) is 9.49. The number of nitrogens with zero attached hydrogens (tertiary/aromatic N) is 2. The third kappa shape index (κ3) is 1.35. The van der Waals surface area contributed by atoms with E-state index in [1.54, 1.807) is 0 Å². The van der Waals surface area contributed by atoms with E-state index in [0.717, 1.165) is 30.5 Å². The summed E-state index contributed by atoms with van der Waals surface area (Å²) in [7, 11) is 0. The number of rotatable bonds is 2. The lowest BCUT2D eigenvalue weighted by molar-refractivity contribution is 0.0697. The van der Waals surface area contributed by atoms with Gasteiger partial charge in [-0.2, -0.15) is 0 Å². The van der Waals surface area contributed by atoms with E-state index in [1.165, 1.54) is 0 Å². The molecule has 0 aromatic carbocycles. The first-order chi connectivity index (χ1) is 8.22. The fourth-order valence-corrected chi connectivity index (χ4v) is 2.51. The minimum Gasteiger partial charge on any atom is -0.478 e. The second kappa shape index (κ2) is 3.55. The largest absolute Gasteiger partial charge is 0.478 e. The van der Waals surface area contributed by atoms with Gasteiger partial charge in [0.2, 0.25) is 0 Å². The lowest BCUT2D eigenvalue weighted by Crippen LogP contribution is -2.05. The Kier molecular flexibility index (Phi) is 2.14. The van der Waals surface area contributed by atoms with Gasteiger partial charge in [0.25, 0.3) is 5.71 Å². The lowest BCUT2D eigenvalue weighted by Gasteiger charge is -2.04. The molecule has 0 atom stereocenters. The van der Waals surface area contributed by atoms with Gasteiger partial charge in [-0.3, -0.25) is 0 Å². The molecule has 0 amide bonds. The van der Waals surface area contributed by atoms with Crippen LogP contribution in [-0.2, 0) is 19.3 Å². The molecule has 3 rings (SSSR count). The molecule has 0 spiro atoms. The summed E-state index contributed by atoms with van der Waals surface area (Å²) in [6, 6.07) is 0. The number of carboxylic acid groups (broad SMARTS) is 1. The van der Waals surface area contributed by atoms with Crippen LogP contribution in [0.15, 0.2) is 4.52 Å². The van der Waals surface area contributed by atoms with Crippen molar-refractivity contribution in [2.45, 2.75) is 32.6 Å². The molecule has 0 saturated heterocycles. The van der Waals surface area contributed by atoms with Crippen LogP contribution in [0.1, 0.15) is 40.7 Å². The highest BCUT2D eigenvalue weighted by molar-refractivity contribution is 6.04. The fraction of sp³-hybridized carbons (Fsp3) is 0.417. The van der Waals surface area contributed by atoms with E-state index in [-0.39, 0.29) is 0 Å². The molecule has 0 fully saturated rings. The number of hydrogen-bond donors (Lipinski definition) is 1. The Morgan fingerprint density at radius 1 is 1.47 bits per heavy atom. The Morgan fingerprint density at radius 3 is 3.00 bits per heavy atom. The maximum absolute atomic E-state index is 11.4. The van der Waals surface area contributed by atoms with E-state index in [1.807, 2.05) is 6.92 Å². The van der Waals surface area contributed by atoms with Crippen molar-refractivity contribution < 1.29 is 14.4 Å². The zero-order chi connectivity index (χ0) is 12.0. The quantitative estimate of drug-likeness (QED) is 0.856. The molecule has 1 aliphatic carbocycles. The highest BCUT2D eigenvalue weighted by Crippen LogP contribution is 2.31. The summed E-state index contributed by atoms with van der Waals surface area (Å²) in [6.07, 6.45) is 3.22. The normalized spacial score (nSPS) is 14.2. The average Bonchev–Trinajstić information content (AvgIpc) is 2.90. The summed E-state index contributed by atoms with van der Waals surface area (Å²) in [6.45, 7) is 1.93. The van der Waals surface area contributed by atoms with Crippen LogP contribution in [-0.4, -0.2) is 21.2 Å². The molecule has 2 aromatic rings. The van der Waals surface area contributed by atoms with Crippen LogP contribution in [0.5, 0.6) is 0 Å². The molecule has 88 valence electrons.